The molecule has 0 saturated heterocycles. The summed E-state index contributed by atoms with van der Waals surface area (Å²) in [5.41, 5.74) is 2.32. The molecular weight excluding hydrogens is 412 g/mol. The van der Waals surface area contributed by atoms with Gasteiger partial charge in [-0.1, -0.05) is 30.3 Å². The van der Waals surface area contributed by atoms with Crippen LogP contribution in [0.2, 0.25) is 0 Å². The minimum Gasteiger partial charge on any atom is -0.454 e. The lowest BCUT2D eigenvalue weighted by molar-refractivity contribution is -0.114. The van der Waals surface area contributed by atoms with E-state index in [2.05, 4.69) is 10.6 Å². The first-order valence-corrected chi connectivity index (χ1v) is 10.6. The minimum absolute atomic E-state index is 0.118. The van der Waals surface area contributed by atoms with E-state index < -0.39 is 0 Å². The molecule has 0 unspecified atom stereocenters. The maximum absolute atomic E-state index is 12.2. The zero-order valence-corrected chi connectivity index (χ0v) is 17.4. The van der Waals surface area contributed by atoms with Gasteiger partial charge in [0.15, 0.2) is 11.5 Å². The van der Waals surface area contributed by atoms with Gasteiger partial charge in [0.05, 0.1) is 5.75 Å². The van der Waals surface area contributed by atoms with Crippen molar-refractivity contribution in [2.45, 2.75) is 4.90 Å². The second-order valence-corrected chi connectivity index (χ2v) is 7.71. The molecule has 0 spiro atoms. The van der Waals surface area contributed by atoms with E-state index >= 15 is 0 Å². The Balaban J connectivity index is 1.24. The number of carbonyl (C=O) groups excluding carboxylic acids is 2. The zero-order valence-electron chi connectivity index (χ0n) is 16.5. The molecule has 0 fully saturated rings. The predicted molar refractivity (Wildman–Crippen MR) is 122 cm³/mol. The number of amides is 2. The highest BCUT2D eigenvalue weighted by Gasteiger charge is 2.14. The summed E-state index contributed by atoms with van der Waals surface area (Å²) in [6, 6.07) is 22.3. The van der Waals surface area contributed by atoms with Crippen molar-refractivity contribution in [3.8, 4) is 11.5 Å². The van der Waals surface area contributed by atoms with Gasteiger partial charge in [-0.15, -0.1) is 11.8 Å². The Morgan fingerprint density at radius 1 is 0.871 bits per heavy atom. The Hall–Kier alpha value is -3.71. The molecule has 0 saturated carbocycles. The fourth-order valence-corrected chi connectivity index (χ4v) is 3.57. The van der Waals surface area contributed by atoms with Crippen LogP contribution in [0.5, 0.6) is 11.5 Å². The molecule has 0 radical (unpaired) electrons. The van der Waals surface area contributed by atoms with E-state index in [1.807, 2.05) is 54.6 Å². The third-order valence-corrected chi connectivity index (χ3v) is 5.39. The molecule has 0 bridgehead atoms. The smallest absolute Gasteiger partial charge is 0.248 e. The lowest BCUT2D eigenvalue weighted by Crippen LogP contribution is -2.13. The fraction of sp³-hybridized carbons (Fsp3) is 0.0833. The number of benzene rings is 3. The van der Waals surface area contributed by atoms with Gasteiger partial charge in [0.1, 0.15) is 0 Å². The number of nitrogens with one attached hydrogen (secondary N) is 2. The largest absolute Gasteiger partial charge is 0.454 e. The Bertz CT molecular complexity index is 1100. The van der Waals surface area contributed by atoms with Crippen molar-refractivity contribution in [2.75, 3.05) is 23.2 Å². The Morgan fingerprint density at radius 2 is 1.61 bits per heavy atom. The normalized spacial score (nSPS) is 12.0. The standard InChI is InChI=1S/C24H20N2O4S/c27-23(13-6-17-4-2-1-3-5-17)25-18-7-10-20(11-8-18)31-15-24(28)26-19-9-12-21-22(14-19)30-16-29-21/h1-14H,15-16H2,(H,25,27)(H,26,28)/b13-6+. The van der Waals surface area contributed by atoms with Crippen molar-refractivity contribution in [1.82, 2.24) is 0 Å². The second kappa shape index (κ2) is 9.86. The van der Waals surface area contributed by atoms with Crippen molar-refractivity contribution in [2.24, 2.45) is 0 Å². The predicted octanol–water partition coefficient (Wildman–Crippen LogP) is 4.80. The minimum atomic E-state index is -0.202. The molecule has 3 aromatic rings. The first kappa shape index (κ1) is 20.6. The van der Waals surface area contributed by atoms with Gasteiger partial charge in [-0.05, 0) is 48.0 Å². The van der Waals surface area contributed by atoms with Crippen molar-refractivity contribution in [3.63, 3.8) is 0 Å². The van der Waals surface area contributed by atoms with Gasteiger partial charge >= 0.3 is 0 Å². The second-order valence-electron chi connectivity index (χ2n) is 6.66. The molecular formula is C24H20N2O4S. The van der Waals surface area contributed by atoms with Crippen LogP contribution in [0.3, 0.4) is 0 Å². The summed E-state index contributed by atoms with van der Waals surface area (Å²) in [5, 5.41) is 5.67. The van der Waals surface area contributed by atoms with Crippen LogP contribution in [0, 0.1) is 0 Å². The topological polar surface area (TPSA) is 76.7 Å². The van der Waals surface area contributed by atoms with E-state index in [1.54, 1.807) is 24.3 Å². The Labute approximate surface area is 184 Å². The molecule has 1 aliphatic rings. The SMILES string of the molecule is O=C(/C=C/c1ccccc1)Nc1ccc(SCC(=O)Nc2ccc3c(c2)OCO3)cc1. The summed E-state index contributed by atoms with van der Waals surface area (Å²) >= 11 is 1.41. The summed E-state index contributed by atoms with van der Waals surface area (Å²) < 4.78 is 10.6. The molecule has 2 amide bonds. The van der Waals surface area contributed by atoms with Crippen LogP contribution in [0.15, 0.2) is 83.8 Å². The summed E-state index contributed by atoms with van der Waals surface area (Å²) in [4.78, 5) is 25.2. The van der Waals surface area contributed by atoms with Crippen molar-refractivity contribution >= 4 is 41.0 Å². The summed E-state index contributed by atoms with van der Waals surface area (Å²) in [6.07, 6.45) is 3.26. The third-order valence-electron chi connectivity index (χ3n) is 4.37. The molecule has 7 heteroatoms. The number of anilines is 2. The van der Waals surface area contributed by atoms with E-state index in [0.29, 0.717) is 22.9 Å². The molecule has 3 aromatic carbocycles. The van der Waals surface area contributed by atoms with E-state index in [0.717, 1.165) is 10.5 Å². The molecule has 156 valence electrons. The Kier molecular flexibility index (Phi) is 6.54. The van der Waals surface area contributed by atoms with E-state index in [9.17, 15) is 9.59 Å². The van der Waals surface area contributed by atoms with Crippen LogP contribution in [0.1, 0.15) is 5.56 Å². The summed E-state index contributed by atoms with van der Waals surface area (Å²) in [5.74, 6) is 1.25. The molecule has 0 atom stereocenters. The molecule has 0 aromatic heterocycles. The van der Waals surface area contributed by atoms with Gasteiger partial charge in [-0.25, -0.2) is 0 Å². The van der Waals surface area contributed by atoms with E-state index in [1.165, 1.54) is 17.8 Å². The zero-order chi connectivity index (χ0) is 21.5. The molecule has 1 aliphatic heterocycles. The van der Waals surface area contributed by atoms with Crippen LogP contribution in [-0.4, -0.2) is 24.4 Å². The highest BCUT2D eigenvalue weighted by atomic mass is 32.2. The van der Waals surface area contributed by atoms with Crippen molar-refractivity contribution in [3.05, 3.63) is 84.4 Å². The van der Waals surface area contributed by atoms with Gasteiger partial charge in [0.25, 0.3) is 0 Å². The molecule has 31 heavy (non-hydrogen) atoms. The lowest BCUT2D eigenvalue weighted by Gasteiger charge is -2.07. The van der Waals surface area contributed by atoms with Crippen LogP contribution < -0.4 is 20.1 Å². The van der Waals surface area contributed by atoms with E-state index in [-0.39, 0.29) is 24.4 Å². The first-order chi connectivity index (χ1) is 15.2. The van der Waals surface area contributed by atoms with Crippen LogP contribution in [-0.2, 0) is 9.59 Å². The van der Waals surface area contributed by atoms with Gasteiger partial charge < -0.3 is 20.1 Å². The molecule has 6 nitrogen and oxygen atoms in total. The number of hydrogen-bond acceptors (Lipinski definition) is 5. The average Bonchev–Trinajstić information content (AvgIpc) is 3.26. The average molecular weight is 433 g/mol. The monoisotopic (exact) mass is 432 g/mol. The third kappa shape index (κ3) is 5.90. The summed E-state index contributed by atoms with van der Waals surface area (Å²) in [7, 11) is 0. The maximum atomic E-state index is 12.2. The number of fused-ring (bicyclic) bond motifs is 1. The number of ether oxygens (including phenoxy) is 2. The van der Waals surface area contributed by atoms with Gasteiger partial charge in [0, 0.05) is 28.4 Å². The molecule has 1 heterocycles. The quantitative estimate of drug-likeness (QED) is 0.414. The highest BCUT2D eigenvalue weighted by Crippen LogP contribution is 2.34. The number of rotatable bonds is 7. The van der Waals surface area contributed by atoms with Gasteiger partial charge in [0.2, 0.25) is 18.6 Å². The number of thioether (sulfide) groups is 1. The highest BCUT2D eigenvalue weighted by molar-refractivity contribution is 8.00. The number of hydrogen-bond donors (Lipinski definition) is 2. The van der Waals surface area contributed by atoms with Crippen LogP contribution in [0.4, 0.5) is 11.4 Å². The molecule has 2 N–H and O–H groups in total. The number of carbonyl (C=O) groups is 2. The fourth-order valence-electron chi connectivity index (χ4n) is 2.87. The van der Waals surface area contributed by atoms with Gasteiger partial charge in [-0.2, -0.15) is 0 Å². The lowest BCUT2D eigenvalue weighted by atomic mass is 10.2. The Morgan fingerprint density at radius 3 is 2.42 bits per heavy atom. The maximum Gasteiger partial charge on any atom is 0.248 e. The molecule has 4 rings (SSSR count). The van der Waals surface area contributed by atoms with Crippen LogP contribution in [0.25, 0.3) is 6.08 Å². The first-order valence-electron chi connectivity index (χ1n) is 9.62. The van der Waals surface area contributed by atoms with Crippen molar-refractivity contribution < 1.29 is 19.1 Å². The molecule has 0 aliphatic carbocycles. The van der Waals surface area contributed by atoms with Gasteiger partial charge in [-0.3, -0.25) is 9.59 Å². The van der Waals surface area contributed by atoms with Crippen LogP contribution >= 0.6 is 11.8 Å². The van der Waals surface area contributed by atoms with Crippen molar-refractivity contribution in [1.29, 1.82) is 0 Å². The summed E-state index contributed by atoms with van der Waals surface area (Å²) in [6.45, 7) is 0.197. The van der Waals surface area contributed by atoms with E-state index in [4.69, 9.17) is 9.47 Å².